The minimum Gasteiger partial charge on any atom is -0.381 e. The summed E-state index contributed by atoms with van der Waals surface area (Å²) in [5.41, 5.74) is 0.263. The molecule has 0 radical (unpaired) electrons. The molecular formula is C19H38O3. The van der Waals surface area contributed by atoms with E-state index in [9.17, 15) is 0 Å². The first-order valence-corrected chi connectivity index (χ1v) is 8.99. The molecule has 0 bridgehead atoms. The standard InChI is InChI=1S/C19H38O3/c1-18(2,3)15-20-10-8-11-21-17-13-16(14-17)9-7-12-22-19(4,5)6/h16-17H,7-15H2,1-6H3. The van der Waals surface area contributed by atoms with Gasteiger partial charge in [0.05, 0.1) is 18.3 Å². The zero-order valence-corrected chi connectivity index (χ0v) is 15.7. The van der Waals surface area contributed by atoms with Crippen LogP contribution < -0.4 is 0 Å². The van der Waals surface area contributed by atoms with Gasteiger partial charge in [0, 0.05) is 19.8 Å². The van der Waals surface area contributed by atoms with Gasteiger partial charge in [-0.25, -0.2) is 0 Å². The summed E-state index contributed by atoms with van der Waals surface area (Å²) in [6.07, 6.45) is 6.43. The Morgan fingerprint density at radius 3 is 2.14 bits per heavy atom. The van der Waals surface area contributed by atoms with Gasteiger partial charge in [0.15, 0.2) is 0 Å². The monoisotopic (exact) mass is 314 g/mol. The number of rotatable bonds is 10. The van der Waals surface area contributed by atoms with E-state index in [0.717, 1.165) is 38.8 Å². The Kier molecular flexibility index (Phi) is 8.37. The van der Waals surface area contributed by atoms with E-state index in [1.807, 2.05) is 0 Å². The topological polar surface area (TPSA) is 27.7 Å². The summed E-state index contributed by atoms with van der Waals surface area (Å²) >= 11 is 0. The fourth-order valence-electron chi connectivity index (χ4n) is 2.59. The number of ether oxygens (including phenoxy) is 3. The van der Waals surface area contributed by atoms with Crippen LogP contribution in [0.4, 0.5) is 0 Å². The van der Waals surface area contributed by atoms with E-state index in [4.69, 9.17) is 14.2 Å². The molecule has 1 aliphatic carbocycles. The van der Waals surface area contributed by atoms with Crippen LogP contribution in [-0.4, -0.2) is 38.1 Å². The van der Waals surface area contributed by atoms with Gasteiger partial charge >= 0.3 is 0 Å². The minimum atomic E-state index is 0.000318. The Labute approximate surface area is 138 Å². The van der Waals surface area contributed by atoms with E-state index in [1.54, 1.807) is 0 Å². The van der Waals surface area contributed by atoms with Gasteiger partial charge in [-0.3, -0.25) is 0 Å². The van der Waals surface area contributed by atoms with E-state index in [1.165, 1.54) is 25.7 Å². The fraction of sp³-hybridized carbons (Fsp3) is 1.00. The van der Waals surface area contributed by atoms with Crippen LogP contribution in [0.5, 0.6) is 0 Å². The van der Waals surface area contributed by atoms with Crippen molar-refractivity contribution in [2.75, 3.05) is 26.4 Å². The minimum absolute atomic E-state index is 0.000318. The maximum atomic E-state index is 5.89. The quantitative estimate of drug-likeness (QED) is 0.541. The Hall–Kier alpha value is -0.120. The average molecular weight is 315 g/mol. The fourth-order valence-corrected chi connectivity index (χ4v) is 2.59. The molecule has 0 aromatic rings. The highest BCUT2D eigenvalue weighted by atomic mass is 16.5. The van der Waals surface area contributed by atoms with Crippen LogP contribution in [0.25, 0.3) is 0 Å². The molecule has 0 aliphatic heterocycles. The summed E-state index contributed by atoms with van der Waals surface area (Å²) in [4.78, 5) is 0. The van der Waals surface area contributed by atoms with Crippen molar-refractivity contribution in [3.05, 3.63) is 0 Å². The smallest absolute Gasteiger partial charge is 0.0598 e. The lowest BCUT2D eigenvalue weighted by Crippen LogP contribution is -2.32. The average Bonchev–Trinajstić information content (AvgIpc) is 2.30. The van der Waals surface area contributed by atoms with Crippen LogP contribution >= 0.6 is 0 Å². The lowest BCUT2D eigenvalue weighted by Gasteiger charge is -2.35. The van der Waals surface area contributed by atoms with Crippen molar-refractivity contribution in [2.45, 2.75) is 85.4 Å². The van der Waals surface area contributed by atoms with E-state index in [-0.39, 0.29) is 11.0 Å². The molecule has 0 aromatic heterocycles. The summed E-state index contributed by atoms with van der Waals surface area (Å²) in [5.74, 6) is 0.853. The molecule has 0 atom stereocenters. The van der Waals surface area contributed by atoms with Crippen LogP contribution in [0.3, 0.4) is 0 Å². The zero-order valence-electron chi connectivity index (χ0n) is 15.7. The Morgan fingerprint density at radius 1 is 0.864 bits per heavy atom. The molecule has 0 saturated heterocycles. The van der Waals surface area contributed by atoms with Gasteiger partial charge < -0.3 is 14.2 Å². The number of hydrogen-bond donors (Lipinski definition) is 0. The molecule has 0 heterocycles. The van der Waals surface area contributed by atoms with Gasteiger partial charge in [0.2, 0.25) is 0 Å². The molecule has 0 unspecified atom stereocenters. The molecule has 0 aromatic carbocycles. The molecule has 3 heteroatoms. The summed E-state index contributed by atoms with van der Waals surface area (Å²) in [6.45, 7) is 16.3. The zero-order chi connectivity index (χ0) is 16.6. The highest BCUT2D eigenvalue weighted by Crippen LogP contribution is 2.33. The molecule has 0 amide bonds. The molecule has 1 aliphatic rings. The van der Waals surface area contributed by atoms with Crippen molar-refractivity contribution < 1.29 is 14.2 Å². The van der Waals surface area contributed by atoms with E-state index in [2.05, 4.69) is 41.5 Å². The second-order valence-electron chi connectivity index (χ2n) is 8.90. The summed E-state index contributed by atoms with van der Waals surface area (Å²) in [6, 6.07) is 0. The molecule has 132 valence electrons. The van der Waals surface area contributed by atoms with Gasteiger partial charge in [-0.05, 0) is 64.2 Å². The van der Waals surface area contributed by atoms with Gasteiger partial charge in [-0.1, -0.05) is 20.8 Å². The summed E-state index contributed by atoms with van der Waals surface area (Å²) in [7, 11) is 0. The second kappa shape index (κ2) is 9.24. The van der Waals surface area contributed by atoms with Gasteiger partial charge in [0.25, 0.3) is 0 Å². The predicted octanol–water partition coefficient (Wildman–Crippen LogP) is 4.83. The third-order valence-corrected chi connectivity index (χ3v) is 3.81. The lowest BCUT2D eigenvalue weighted by atomic mass is 9.79. The summed E-state index contributed by atoms with van der Waals surface area (Å²) in [5, 5.41) is 0. The summed E-state index contributed by atoms with van der Waals surface area (Å²) < 4.78 is 17.3. The van der Waals surface area contributed by atoms with Crippen LogP contribution in [0.15, 0.2) is 0 Å². The van der Waals surface area contributed by atoms with E-state index >= 15 is 0 Å². The molecule has 0 N–H and O–H groups in total. The van der Waals surface area contributed by atoms with Crippen LogP contribution in [-0.2, 0) is 14.2 Å². The van der Waals surface area contributed by atoms with Gasteiger partial charge in [-0.2, -0.15) is 0 Å². The highest BCUT2D eigenvalue weighted by molar-refractivity contribution is 4.80. The first kappa shape index (κ1) is 19.9. The van der Waals surface area contributed by atoms with Crippen molar-refractivity contribution in [3.63, 3.8) is 0 Å². The van der Waals surface area contributed by atoms with E-state index < -0.39 is 0 Å². The molecule has 3 nitrogen and oxygen atoms in total. The maximum absolute atomic E-state index is 5.89. The third kappa shape index (κ3) is 10.6. The molecule has 0 spiro atoms. The Balaban J connectivity index is 1.86. The highest BCUT2D eigenvalue weighted by Gasteiger charge is 2.29. The predicted molar refractivity (Wildman–Crippen MR) is 92.3 cm³/mol. The number of hydrogen-bond acceptors (Lipinski definition) is 3. The van der Waals surface area contributed by atoms with Gasteiger partial charge in [-0.15, -0.1) is 0 Å². The first-order chi connectivity index (χ1) is 10.2. The third-order valence-electron chi connectivity index (χ3n) is 3.81. The van der Waals surface area contributed by atoms with E-state index in [0.29, 0.717) is 6.10 Å². The van der Waals surface area contributed by atoms with Crippen molar-refractivity contribution in [1.29, 1.82) is 0 Å². The molecule has 22 heavy (non-hydrogen) atoms. The van der Waals surface area contributed by atoms with Crippen molar-refractivity contribution in [2.24, 2.45) is 11.3 Å². The molecule has 1 fully saturated rings. The Morgan fingerprint density at radius 2 is 1.55 bits per heavy atom. The molecular weight excluding hydrogens is 276 g/mol. The SMILES string of the molecule is CC(C)(C)COCCCOC1CC(CCCOC(C)(C)C)C1. The van der Waals surface area contributed by atoms with Crippen molar-refractivity contribution in [3.8, 4) is 0 Å². The van der Waals surface area contributed by atoms with Crippen LogP contribution in [0.1, 0.15) is 73.6 Å². The second-order valence-corrected chi connectivity index (χ2v) is 8.90. The van der Waals surface area contributed by atoms with Crippen LogP contribution in [0.2, 0.25) is 0 Å². The van der Waals surface area contributed by atoms with Crippen molar-refractivity contribution in [1.82, 2.24) is 0 Å². The first-order valence-electron chi connectivity index (χ1n) is 8.99. The maximum Gasteiger partial charge on any atom is 0.0598 e. The van der Waals surface area contributed by atoms with Crippen LogP contribution in [0, 0.1) is 11.3 Å². The molecule has 1 rings (SSSR count). The lowest BCUT2D eigenvalue weighted by molar-refractivity contribution is -0.0474. The Bertz CT molecular complexity index is 279. The largest absolute Gasteiger partial charge is 0.381 e. The van der Waals surface area contributed by atoms with Crippen molar-refractivity contribution >= 4 is 0 Å². The van der Waals surface area contributed by atoms with Gasteiger partial charge in [0.1, 0.15) is 0 Å². The molecule has 1 saturated carbocycles. The normalized spacial score (nSPS) is 22.6.